The van der Waals surface area contributed by atoms with Crippen molar-refractivity contribution in [3.05, 3.63) is 35.5 Å². The molecule has 25 heavy (non-hydrogen) atoms. The molecule has 3 unspecified atom stereocenters. The van der Waals surface area contributed by atoms with Crippen LogP contribution in [0.1, 0.15) is 33.1 Å². The van der Waals surface area contributed by atoms with Crippen LogP contribution in [0.4, 0.5) is 0 Å². The van der Waals surface area contributed by atoms with E-state index in [1.54, 1.807) is 26.0 Å². The lowest BCUT2D eigenvalue weighted by Crippen LogP contribution is -2.61. The van der Waals surface area contributed by atoms with Gasteiger partial charge < -0.3 is 16.2 Å². The number of allylic oxidation sites excluding steroid dienone is 4. The Morgan fingerprint density at radius 3 is 2.60 bits per heavy atom. The van der Waals surface area contributed by atoms with Crippen molar-refractivity contribution in [2.45, 2.75) is 44.7 Å². The van der Waals surface area contributed by atoms with Crippen molar-refractivity contribution in [3.63, 3.8) is 0 Å². The molecule has 0 bridgehead atoms. The topological polar surface area (TPSA) is 125 Å². The molecule has 0 spiro atoms. The first-order valence-corrected chi connectivity index (χ1v) is 8.48. The Bertz CT molecular complexity index is 616. The molecule has 0 aromatic rings. The summed E-state index contributed by atoms with van der Waals surface area (Å²) < 4.78 is 0. The minimum atomic E-state index is -1.05. The van der Waals surface area contributed by atoms with Gasteiger partial charge in [0.15, 0.2) is 0 Å². The summed E-state index contributed by atoms with van der Waals surface area (Å²) in [6.45, 7) is 3.45. The molecule has 2 aliphatic rings. The third kappa shape index (κ3) is 5.26. The summed E-state index contributed by atoms with van der Waals surface area (Å²) in [6.07, 6.45) is 10.2. The highest BCUT2D eigenvalue weighted by Gasteiger charge is 2.35. The Morgan fingerprint density at radius 1 is 1.40 bits per heavy atom. The molecule has 6 N–H and O–H groups in total. The van der Waals surface area contributed by atoms with Crippen LogP contribution in [-0.4, -0.2) is 40.3 Å². The number of hydrogen-bond acceptors (Lipinski definition) is 5. The fourth-order valence-electron chi connectivity index (χ4n) is 2.87. The van der Waals surface area contributed by atoms with Gasteiger partial charge in [-0.3, -0.25) is 14.8 Å². The molecule has 2 amide bonds. The highest BCUT2D eigenvalue weighted by molar-refractivity contribution is 5.99. The van der Waals surface area contributed by atoms with Crippen molar-refractivity contribution < 1.29 is 19.9 Å². The van der Waals surface area contributed by atoms with Crippen LogP contribution in [0.2, 0.25) is 0 Å². The molecule has 2 rings (SSSR count). The second-order valence-electron chi connectivity index (χ2n) is 7.35. The van der Waals surface area contributed by atoms with Gasteiger partial charge in [-0.25, -0.2) is 5.48 Å². The van der Waals surface area contributed by atoms with Gasteiger partial charge in [-0.1, -0.05) is 18.2 Å². The molecule has 1 saturated carbocycles. The zero-order valence-corrected chi connectivity index (χ0v) is 14.7. The van der Waals surface area contributed by atoms with E-state index in [1.807, 2.05) is 6.08 Å². The van der Waals surface area contributed by atoms with Gasteiger partial charge in [0.2, 0.25) is 0 Å². The van der Waals surface area contributed by atoms with Gasteiger partial charge >= 0.3 is 0 Å². The molecule has 138 valence electrons. The average Bonchev–Trinajstić information content (AvgIpc) is 3.35. The fourth-order valence-corrected chi connectivity index (χ4v) is 2.87. The Hall–Kier alpha value is -1.96. The van der Waals surface area contributed by atoms with Gasteiger partial charge in [0.25, 0.3) is 11.8 Å². The van der Waals surface area contributed by atoms with Crippen molar-refractivity contribution in [2.75, 3.05) is 6.61 Å². The number of nitrogens with one attached hydrogen (secondary N) is 2. The maximum atomic E-state index is 12.3. The normalized spacial score (nSPS) is 25.3. The number of nitrogens with two attached hydrogens (primary N) is 1. The number of rotatable bonds is 7. The first-order chi connectivity index (χ1) is 11.8. The van der Waals surface area contributed by atoms with Crippen LogP contribution in [0, 0.1) is 11.8 Å². The Balaban J connectivity index is 1.92. The van der Waals surface area contributed by atoms with E-state index in [9.17, 15) is 9.59 Å². The molecule has 0 aromatic carbocycles. The second kappa shape index (κ2) is 7.95. The van der Waals surface area contributed by atoms with E-state index in [-0.39, 0.29) is 6.61 Å². The SMILES string of the molecule is CC(C)(N)C(NC(=O)C1=CCC(=CCC2CC2CO)C=C1)C(=O)NO. The molecular formula is C18H27N3O4. The molecule has 0 aliphatic heterocycles. The molecular weight excluding hydrogens is 322 g/mol. The number of carbonyl (C=O) groups excluding carboxylic acids is 2. The van der Waals surface area contributed by atoms with Crippen LogP contribution in [-0.2, 0) is 9.59 Å². The average molecular weight is 349 g/mol. The molecule has 0 aromatic heterocycles. The number of amides is 2. The highest BCUT2D eigenvalue weighted by Crippen LogP contribution is 2.41. The molecule has 0 heterocycles. The largest absolute Gasteiger partial charge is 0.396 e. The molecule has 7 heteroatoms. The summed E-state index contributed by atoms with van der Waals surface area (Å²) in [5.74, 6) is -0.158. The van der Waals surface area contributed by atoms with Crippen molar-refractivity contribution in [1.29, 1.82) is 0 Å². The van der Waals surface area contributed by atoms with Crippen molar-refractivity contribution in [2.24, 2.45) is 17.6 Å². The number of carbonyl (C=O) groups is 2. The minimum Gasteiger partial charge on any atom is -0.396 e. The maximum Gasteiger partial charge on any atom is 0.267 e. The van der Waals surface area contributed by atoms with Crippen LogP contribution in [0.5, 0.6) is 0 Å². The zero-order valence-electron chi connectivity index (χ0n) is 14.7. The number of aliphatic hydroxyl groups excluding tert-OH is 1. The van der Waals surface area contributed by atoms with E-state index in [2.05, 4.69) is 11.4 Å². The lowest BCUT2D eigenvalue weighted by Gasteiger charge is -2.29. The molecule has 0 radical (unpaired) electrons. The molecule has 1 fully saturated rings. The van der Waals surface area contributed by atoms with Gasteiger partial charge in [-0.2, -0.15) is 0 Å². The number of hydrogen-bond donors (Lipinski definition) is 5. The van der Waals surface area contributed by atoms with Crippen LogP contribution >= 0.6 is 0 Å². The standard InChI is InChI=1S/C18H27N3O4/c1-18(2,19)15(17(24)21-25)20-16(23)12-6-3-11(4-7-12)5-8-13-9-14(13)10-22/h3,5-7,13-15,22,25H,4,8-10,19H2,1-2H3,(H,20,23)(H,21,24). The highest BCUT2D eigenvalue weighted by atomic mass is 16.5. The van der Waals surface area contributed by atoms with E-state index < -0.39 is 23.4 Å². The van der Waals surface area contributed by atoms with Gasteiger partial charge in [0.05, 0.1) is 0 Å². The number of hydroxylamine groups is 1. The lowest BCUT2D eigenvalue weighted by atomic mass is 9.94. The molecule has 3 atom stereocenters. The fraction of sp³-hybridized carbons (Fsp3) is 0.556. The van der Waals surface area contributed by atoms with Crippen LogP contribution in [0.15, 0.2) is 35.5 Å². The van der Waals surface area contributed by atoms with Gasteiger partial charge in [-0.05, 0) is 56.6 Å². The summed E-state index contributed by atoms with van der Waals surface area (Å²) in [5.41, 5.74) is 7.99. The van der Waals surface area contributed by atoms with Crippen LogP contribution < -0.4 is 16.5 Å². The monoisotopic (exact) mass is 349 g/mol. The van der Waals surface area contributed by atoms with Gasteiger partial charge in [0.1, 0.15) is 6.04 Å². The Morgan fingerprint density at radius 2 is 2.12 bits per heavy atom. The van der Waals surface area contributed by atoms with E-state index in [4.69, 9.17) is 16.0 Å². The van der Waals surface area contributed by atoms with E-state index >= 15 is 0 Å². The zero-order chi connectivity index (χ0) is 18.6. The quantitative estimate of drug-likeness (QED) is 0.339. The smallest absolute Gasteiger partial charge is 0.267 e. The summed E-state index contributed by atoms with van der Waals surface area (Å²) in [5, 5.41) is 20.4. The molecule has 0 saturated heterocycles. The van der Waals surface area contributed by atoms with Crippen molar-refractivity contribution in [1.82, 2.24) is 10.8 Å². The second-order valence-corrected chi connectivity index (χ2v) is 7.35. The minimum absolute atomic E-state index is 0.258. The first-order valence-electron chi connectivity index (χ1n) is 8.48. The van der Waals surface area contributed by atoms with Gasteiger partial charge in [0, 0.05) is 17.7 Å². The Labute approximate surface area is 147 Å². The third-order valence-electron chi connectivity index (χ3n) is 4.67. The van der Waals surface area contributed by atoms with Crippen molar-refractivity contribution >= 4 is 11.8 Å². The van der Waals surface area contributed by atoms with Gasteiger partial charge in [-0.15, -0.1) is 0 Å². The number of aliphatic hydroxyl groups is 1. The third-order valence-corrected chi connectivity index (χ3v) is 4.67. The molecule has 7 nitrogen and oxygen atoms in total. The van der Waals surface area contributed by atoms with Crippen molar-refractivity contribution in [3.8, 4) is 0 Å². The predicted molar refractivity (Wildman–Crippen MR) is 93.3 cm³/mol. The van der Waals surface area contributed by atoms with E-state index in [1.165, 1.54) is 5.48 Å². The van der Waals surface area contributed by atoms with Crippen LogP contribution in [0.3, 0.4) is 0 Å². The summed E-state index contributed by atoms with van der Waals surface area (Å²) in [4.78, 5) is 24.1. The first kappa shape index (κ1) is 19.4. The summed E-state index contributed by atoms with van der Waals surface area (Å²) in [7, 11) is 0. The van der Waals surface area contributed by atoms with E-state index in [0.717, 1.165) is 18.4 Å². The Kier molecular flexibility index (Phi) is 6.16. The lowest BCUT2D eigenvalue weighted by molar-refractivity contribution is -0.135. The summed E-state index contributed by atoms with van der Waals surface area (Å²) >= 11 is 0. The van der Waals surface area contributed by atoms with E-state index in [0.29, 0.717) is 23.8 Å². The summed E-state index contributed by atoms with van der Waals surface area (Å²) in [6, 6.07) is -1.05. The van der Waals surface area contributed by atoms with Crippen LogP contribution in [0.25, 0.3) is 0 Å². The maximum absolute atomic E-state index is 12.3. The predicted octanol–water partition coefficient (Wildman–Crippen LogP) is 0.545. The molecule has 2 aliphatic carbocycles.